The predicted octanol–water partition coefficient (Wildman–Crippen LogP) is 0.676. The van der Waals surface area contributed by atoms with Crippen molar-refractivity contribution in [2.24, 2.45) is 0 Å². The molecule has 108 valence electrons. The van der Waals surface area contributed by atoms with Gasteiger partial charge >= 0.3 is 0 Å². The molecule has 0 spiro atoms. The molecule has 20 heavy (non-hydrogen) atoms. The molecular formula is C14H19N3O3. The zero-order valence-corrected chi connectivity index (χ0v) is 11.4. The molecule has 0 heterocycles. The Labute approximate surface area is 117 Å². The lowest BCUT2D eigenvalue weighted by molar-refractivity contribution is -0.121. The largest absolute Gasteiger partial charge is 0.495 e. The Morgan fingerprint density at radius 3 is 2.80 bits per heavy atom. The molecule has 1 fully saturated rings. The molecule has 4 N–H and O–H groups in total. The second kappa shape index (κ2) is 6.27. The lowest BCUT2D eigenvalue weighted by atomic mass is 10.1. The molecule has 0 atom stereocenters. The van der Waals surface area contributed by atoms with Crippen LogP contribution in [0.15, 0.2) is 18.2 Å². The second-order valence-corrected chi connectivity index (χ2v) is 4.80. The number of hydrogen-bond acceptors (Lipinski definition) is 4. The van der Waals surface area contributed by atoms with Gasteiger partial charge in [-0.25, -0.2) is 0 Å². The van der Waals surface area contributed by atoms with Gasteiger partial charge in [-0.1, -0.05) is 0 Å². The first kappa shape index (κ1) is 14.2. The normalized spacial score (nSPS) is 13.7. The Balaban J connectivity index is 1.80. The van der Waals surface area contributed by atoms with Gasteiger partial charge in [0.05, 0.1) is 12.8 Å². The minimum Gasteiger partial charge on any atom is -0.495 e. The van der Waals surface area contributed by atoms with Crippen molar-refractivity contribution in [1.82, 2.24) is 10.6 Å². The maximum absolute atomic E-state index is 11.9. The summed E-state index contributed by atoms with van der Waals surface area (Å²) in [5.41, 5.74) is 6.62. The van der Waals surface area contributed by atoms with Crippen molar-refractivity contribution < 1.29 is 14.3 Å². The van der Waals surface area contributed by atoms with E-state index >= 15 is 0 Å². The number of amides is 2. The van der Waals surface area contributed by atoms with E-state index in [-0.39, 0.29) is 18.2 Å². The molecule has 0 bridgehead atoms. The minimum absolute atomic E-state index is 0.0253. The van der Waals surface area contributed by atoms with Crippen LogP contribution in [0.1, 0.15) is 29.6 Å². The molecule has 0 unspecified atom stereocenters. The topological polar surface area (TPSA) is 93.4 Å². The summed E-state index contributed by atoms with van der Waals surface area (Å²) in [7, 11) is 1.50. The molecule has 6 nitrogen and oxygen atoms in total. The van der Waals surface area contributed by atoms with E-state index in [9.17, 15) is 9.59 Å². The Morgan fingerprint density at radius 1 is 1.40 bits per heavy atom. The molecule has 1 aromatic carbocycles. The van der Waals surface area contributed by atoms with E-state index in [2.05, 4.69) is 10.6 Å². The molecule has 1 aliphatic rings. The molecule has 2 amide bonds. The van der Waals surface area contributed by atoms with Crippen LogP contribution in [-0.4, -0.2) is 31.5 Å². The molecule has 0 aromatic heterocycles. The van der Waals surface area contributed by atoms with E-state index < -0.39 is 0 Å². The molecule has 1 aliphatic carbocycles. The van der Waals surface area contributed by atoms with Gasteiger partial charge in [-0.05, 0) is 31.0 Å². The quantitative estimate of drug-likeness (QED) is 0.666. The first-order valence-electron chi connectivity index (χ1n) is 6.61. The number of carbonyl (C=O) groups excluding carboxylic acids is 2. The van der Waals surface area contributed by atoms with Crippen LogP contribution in [0, 0.1) is 0 Å². The van der Waals surface area contributed by atoms with Gasteiger partial charge in [-0.2, -0.15) is 0 Å². The maximum Gasteiger partial charge on any atom is 0.251 e. The van der Waals surface area contributed by atoms with Crippen LogP contribution in [0.25, 0.3) is 0 Å². The van der Waals surface area contributed by atoms with Crippen LogP contribution in [0.4, 0.5) is 5.69 Å². The molecule has 6 heteroatoms. The highest BCUT2D eigenvalue weighted by molar-refractivity contribution is 5.95. The number of methoxy groups -OCH3 is 1. The number of anilines is 1. The third kappa shape index (κ3) is 3.88. The Morgan fingerprint density at radius 2 is 2.15 bits per heavy atom. The van der Waals surface area contributed by atoms with Crippen molar-refractivity contribution >= 4 is 17.5 Å². The highest BCUT2D eigenvalue weighted by atomic mass is 16.5. The Bertz CT molecular complexity index is 512. The fraction of sp³-hybridized carbons (Fsp3) is 0.429. The van der Waals surface area contributed by atoms with Gasteiger partial charge in [0, 0.05) is 24.6 Å². The Hall–Kier alpha value is -2.24. The zero-order chi connectivity index (χ0) is 14.5. The molecule has 1 saturated carbocycles. The van der Waals surface area contributed by atoms with Crippen LogP contribution in [0.5, 0.6) is 5.75 Å². The Kier molecular flexibility index (Phi) is 4.45. The summed E-state index contributed by atoms with van der Waals surface area (Å²) in [5, 5.41) is 5.56. The van der Waals surface area contributed by atoms with Crippen molar-refractivity contribution in [1.29, 1.82) is 0 Å². The van der Waals surface area contributed by atoms with E-state index in [1.54, 1.807) is 18.2 Å². The number of benzene rings is 1. The van der Waals surface area contributed by atoms with E-state index in [1.807, 2.05) is 0 Å². The van der Waals surface area contributed by atoms with Crippen molar-refractivity contribution in [2.45, 2.75) is 25.3 Å². The van der Waals surface area contributed by atoms with E-state index in [4.69, 9.17) is 10.5 Å². The second-order valence-electron chi connectivity index (χ2n) is 4.80. The highest BCUT2D eigenvalue weighted by Crippen LogP contribution is 2.22. The van der Waals surface area contributed by atoms with Gasteiger partial charge in [-0.3, -0.25) is 9.59 Å². The van der Waals surface area contributed by atoms with Gasteiger partial charge in [0.15, 0.2) is 0 Å². The van der Waals surface area contributed by atoms with E-state index in [0.29, 0.717) is 29.6 Å². The molecule has 1 aromatic rings. The van der Waals surface area contributed by atoms with E-state index in [1.165, 1.54) is 7.11 Å². The standard InChI is InChI=1S/C14H19N3O3/c1-20-12-8-9(2-5-11(12)15)14(19)16-7-6-13(18)17-10-3-4-10/h2,5,8,10H,3-4,6-7,15H2,1H3,(H,16,19)(H,17,18). The van der Waals surface area contributed by atoms with Gasteiger partial charge in [0.25, 0.3) is 5.91 Å². The third-order valence-electron chi connectivity index (χ3n) is 3.08. The van der Waals surface area contributed by atoms with Gasteiger partial charge in [-0.15, -0.1) is 0 Å². The maximum atomic E-state index is 11.9. The molecule has 0 radical (unpaired) electrons. The fourth-order valence-corrected chi connectivity index (χ4v) is 1.77. The van der Waals surface area contributed by atoms with Crippen molar-refractivity contribution in [3.8, 4) is 5.75 Å². The first-order valence-corrected chi connectivity index (χ1v) is 6.61. The number of carbonyl (C=O) groups is 2. The van der Waals surface area contributed by atoms with Crippen molar-refractivity contribution in [3.63, 3.8) is 0 Å². The summed E-state index contributed by atoms with van der Waals surface area (Å²) in [5.74, 6) is 0.189. The van der Waals surface area contributed by atoms with Crippen LogP contribution in [0.3, 0.4) is 0 Å². The number of rotatable bonds is 6. The average Bonchev–Trinajstić information content (AvgIpc) is 3.23. The number of hydrogen-bond donors (Lipinski definition) is 3. The zero-order valence-electron chi connectivity index (χ0n) is 11.4. The number of ether oxygens (including phenoxy) is 1. The molecule has 0 saturated heterocycles. The highest BCUT2D eigenvalue weighted by Gasteiger charge is 2.22. The van der Waals surface area contributed by atoms with Gasteiger partial charge < -0.3 is 21.1 Å². The third-order valence-corrected chi connectivity index (χ3v) is 3.08. The lowest BCUT2D eigenvalue weighted by Crippen LogP contribution is -2.31. The first-order chi connectivity index (χ1) is 9.60. The summed E-state index contributed by atoms with van der Waals surface area (Å²) >= 11 is 0. The summed E-state index contributed by atoms with van der Waals surface area (Å²) < 4.78 is 5.06. The number of nitrogen functional groups attached to an aromatic ring is 1. The molecule has 0 aliphatic heterocycles. The van der Waals surface area contributed by atoms with E-state index in [0.717, 1.165) is 12.8 Å². The molecular weight excluding hydrogens is 258 g/mol. The van der Waals surface area contributed by atoms with Crippen molar-refractivity contribution in [2.75, 3.05) is 19.4 Å². The summed E-state index contributed by atoms with van der Waals surface area (Å²) in [6.07, 6.45) is 2.40. The summed E-state index contributed by atoms with van der Waals surface area (Å²) in [4.78, 5) is 23.4. The summed E-state index contributed by atoms with van der Waals surface area (Å²) in [6.45, 7) is 0.310. The average molecular weight is 277 g/mol. The predicted molar refractivity (Wildman–Crippen MR) is 75.5 cm³/mol. The monoisotopic (exact) mass is 277 g/mol. The minimum atomic E-state index is -0.248. The molecule has 2 rings (SSSR count). The number of nitrogens with two attached hydrogens (primary N) is 1. The number of nitrogens with one attached hydrogen (secondary N) is 2. The van der Waals surface area contributed by atoms with Crippen LogP contribution < -0.4 is 21.1 Å². The lowest BCUT2D eigenvalue weighted by Gasteiger charge is -2.08. The van der Waals surface area contributed by atoms with Gasteiger partial charge in [0.2, 0.25) is 5.91 Å². The smallest absolute Gasteiger partial charge is 0.251 e. The van der Waals surface area contributed by atoms with Crippen LogP contribution in [-0.2, 0) is 4.79 Å². The van der Waals surface area contributed by atoms with Crippen LogP contribution >= 0.6 is 0 Å². The van der Waals surface area contributed by atoms with Crippen LogP contribution in [0.2, 0.25) is 0 Å². The fourth-order valence-electron chi connectivity index (χ4n) is 1.77. The SMILES string of the molecule is COc1cc(C(=O)NCCC(=O)NC2CC2)ccc1N. The van der Waals surface area contributed by atoms with Gasteiger partial charge in [0.1, 0.15) is 5.75 Å². The summed E-state index contributed by atoms with van der Waals surface area (Å²) in [6, 6.07) is 5.17. The van der Waals surface area contributed by atoms with Crippen molar-refractivity contribution in [3.05, 3.63) is 23.8 Å².